The minimum Gasteiger partial charge on any atom is -0.480 e. The molecule has 0 bridgehead atoms. The summed E-state index contributed by atoms with van der Waals surface area (Å²) in [6, 6.07) is -0.585. The van der Waals surface area contributed by atoms with Crippen LogP contribution in [0.3, 0.4) is 0 Å². The van der Waals surface area contributed by atoms with E-state index in [0.717, 1.165) is 0 Å². The molecule has 2 N–H and O–H groups in total. The van der Waals surface area contributed by atoms with E-state index in [1.54, 1.807) is 6.92 Å². The first-order chi connectivity index (χ1) is 6.61. The van der Waals surface area contributed by atoms with E-state index in [4.69, 9.17) is 14.6 Å². The molecule has 0 fully saturated rings. The van der Waals surface area contributed by atoms with Gasteiger partial charge in [-0.15, -0.1) is 0 Å². The van der Waals surface area contributed by atoms with E-state index in [-0.39, 0.29) is 6.29 Å². The van der Waals surface area contributed by atoms with Crippen LogP contribution < -0.4 is 5.32 Å². The Balaban J connectivity index is 3.74. The third kappa shape index (κ3) is 5.90. The van der Waals surface area contributed by atoms with Gasteiger partial charge in [-0.2, -0.15) is 0 Å². The Morgan fingerprint density at radius 1 is 1.36 bits per heavy atom. The molecule has 0 aromatic heterocycles. The standard InChI is InChI=1S/C9H19NO4/c1-4-13-8(14-5-2)6-10-7(3)9(11)12/h7-8,10H,4-6H2,1-3H3,(H,11,12)/t7-/m0/s1. The minimum absolute atomic E-state index is 0.369. The molecule has 0 heterocycles. The first-order valence-electron chi connectivity index (χ1n) is 4.81. The smallest absolute Gasteiger partial charge is 0.320 e. The summed E-state index contributed by atoms with van der Waals surface area (Å²) < 4.78 is 10.5. The Hall–Kier alpha value is -0.650. The number of carboxylic acids is 1. The normalized spacial score (nSPS) is 13.1. The largest absolute Gasteiger partial charge is 0.480 e. The molecule has 0 aromatic carbocycles. The van der Waals surface area contributed by atoms with E-state index in [1.807, 2.05) is 13.8 Å². The van der Waals surface area contributed by atoms with Crippen molar-refractivity contribution in [2.24, 2.45) is 0 Å². The molecule has 0 amide bonds. The van der Waals surface area contributed by atoms with Crippen LogP contribution in [0.15, 0.2) is 0 Å². The summed E-state index contributed by atoms with van der Waals surface area (Å²) in [5.41, 5.74) is 0. The molecule has 0 saturated carbocycles. The Bertz CT molecular complexity index is 157. The summed E-state index contributed by atoms with van der Waals surface area (Å²) in [6.45, 7) is 6.80. The second-order valence-corrected chi connectivity index (χ2v) is 2.81. The fourth-order valence-electron chi connectivity index (χ4n) is 0.898. The van der Waals surface area contributed by atoms with Gasteiger partial charge in [-0.1, -0.05) is 0 Å². The van der Waals surface area contributed by atoms with Crippen molar-refractivity contribution in [3.05, 3.63) is 0 Å². The first-order valence-corrected chi connectivity index (χ1v) is 4.81. The maximum atomic E-state index is 10.5. The minimum atomic E-state index is -0.878. The molecule has 0 radical (unpaired) electrons. The Morgan fingerprint density at radius 3 is 2.21 bits per heavy atom. The fraction of sp³-hybridized carbons (Fsp3) is 0.889. The van der Waals surface area contributed by atoms with Crippen molar-refractivity contribution in [2.45, 2.75) is 33.1 Å². The predicted octanol–water partition coefficient (Wildman–Crippen LogP) is 0.448. The van der Waals surface area contributed by atoms with Crippen molar-refractivity contribution in [3.8, 4) is 0 Å². The molecule has 0 aliphatic heterocycles. The van der Waals surface area contributed by atoms with E-state index < -0.39 is 12.0 Å². The topological polar surface area (TPSA) is 67.8 Å². The number of hydrogen-bond donors (Lipinski definition) is 2. The van der Waals surface area contributed by atoms with Crippen LogP contribution >= 0.6 is 0 Å². The quantitative estimate of drug-likeness (QED) is 0.563. The van der Waals surface area contributed by atoms with E-state index in [1.165, 1.54) is 0 Å². The van der Waals surface area contributed by atoms with Crippen molar-refractivity contribution in [2.75, 3.05) is 19.8 Å². The predicted molar refractivity (Wildman–Crippen MR) is 52.1 cm³/mol. The summed E-state index contributed by atoms with van der Waals surface area (Å²) in [5.74, 6) is -0.878. The van der Waals surface area contributed by atoms with Gasteiger partial charge in [0.25, 0.3) is 0 Å². The Morgan fingerprint density at radius 2 is 1.86 bits per heavy atom. The molecule has 5 nitrogen and oxygen atoms in total. The van der Waals surface area contributed by atoms with Crippen LogP contribution in [0.4, 0.5) is 0 Å². The maximum Gasteiger partial charge on any atom is 0.320 e. The number of hydrogen-bond acceptors (Lipinski definition) is 4. The van der Waals surface area contributed by atoms with Gasteiger partial charge in [0.2, 0.25) is 0 Å². The van der Waals surface area contributed by atoms with Gasteiger partial charge in [0, 0.05) is 19.8 Å². The molecule has 5 heteroatoms. The zero-order valence-electron chi connectivity index (χ0n) is 8.95. The van der Waals surface area contributed by atoms with Crippen LogP contribution in [0.25, 0.3) is 0 Å². The lowest BCUT2D eigenvalue weighted by atomic mass is 10.3. The molecular weight excluding hydrogens is 186 g/mol. The third-order valence-corrected chi connectivity index (χ3v) is 1.67. The van der Waals surface area contributed by atoms with Crippen molar-refractivity contribution >= 4 is 5.97 Å². The highest BCUT2D eigenvalue weighted by molar-refractivity contribution is 5.72. The van der Waals surface area contributed by atoms with Crippen LogP contribution in [0.2, 0.25) is 0 Å². The lowest BCUT2D eigenvalue weighted by Gasteiger charge is -2.18. The van der Waals surface area contributed by atoms with Crippen molar-refractivity contribution in [1.29, 1.82) is 0 Å². The average molecular weight is 205 g/mol. The van der Waals surface area contributed by atoms with Crippen LogP contribution in [0.5, 0.6) is 0 Å². The molecular formula is C9H19NO4. The lowest BCUT2D eigenvalue weighted by Crippen LogP contribution is -2.40. The molecule has 0 saturated heterocycles. The molecule has 14 heavy (non-hydrogen) atoms. The van der Waals surface area contributed by atoms with Crippen molar-refractivity contribution in [1.82, 2.24) is 5.32 Å². The highest BCUT2D eigenvalue weighted by Gasteiger charge is 2.13. The number of carboxylic acid groups (broad SMARTS) is 1. The van der Waals surface area contributed by atoms with Crippen LogP contribution in [0.1, 0.15) is 20.8 Å². The fourth-order valence-corrected chi connectivity index (χ4v) is 0.898. The summed E-state index contributed by atoms with van der Waals surface area (Å²) in [7, 11) is 0. The molecule has 0 aromatic rings. The monoisotopic (exact) mass is 205 g/mol. The number of ether oxygens (including phenoxy) is 2. The highest BCUT2D eigenvalue weighted by atomic mass is 16.7. The van der Waals surface area contributed by atoms with Gasteiger partial charge in [-0.25, -0.2) is 0 Å². The van der Waals surface area contributed by atoms with Gasteiger partial charge < -0.3 is 14.6 Å². The van der Waals surface area contributed by atoms with E-state index >= 15 is 0 Å². The van der Waals surface area contributed by atoms with Gasteiger partial charge in [-0.3, -0.25) is 10.1 Å². The van der Waals surface area contributed by atoms with Crippen LogP contribution in [-0.2, 0) is 14.3 Å². The van der Waals surface area contributed by atoms with Crippen LogP contribution in [0, 0.1) is 0 Å². The molecule has 0 unspecified atom stereocenters. The number of rotatable bonds is 8. The lowest BCUT2D eigenvalue weighted by molar-refractivity contribution is -0.143. The van der Waals surface area contributed by atoms with Gasteiger partial charge in [0.15, 0.2) is 6.29 Å². The van der Waals surface area contributed by atoms with Gasteiger partial charge in [-0.05, 0) is 20.8 Å². The molecule has 0 rings (SSSR count). The van der Waals surface area contributed by atoms with E-state index in [0.29, 0.717) is 19.8 Å². The highest BCUT2D eigenvalue weighted by Crippen LogP contribution is 1.94. The van der Waals surface area contributed by atoms with Gasteiger partial charge in [0.1, 0.15) is 6.04 Å². The number of carbonyl (C=O) groups is 1. The summed E-state index contributed by atoms with van der Waals surface area (Å²) in [4.78, 5) is 10.5. The number of aliphatic carboxylic acids is 1. The summed E-state index contributed by atoms with van der Waals surface area (Å²) in [6.07, 6.45) is -0.369. The molecule has 1 atom stereocenters. The zero-order valence-corrected chi connectivity index (χ0v) is 8.95. The van der Waals surface area contributed by atoms with Crippen LogP contribution in [-0.4, -0.2) is 43.2 Å². The van der Waals surface area contributed by atoms with Crippen molar-refractivity contribution in [3.63, 3.8) is 0 Å². The molecule has 84 valence electrons. The summed E-state index contributed by atoms with van der Waals surface area (Å²) >= 11 is 0. The summed E-state index contributed by atoms with van der Waals surface area (Å²) in [5, 5.41) is 11.4. The SMILES string of the molecule is CCOC(CN[C@@H](C)C(=O)O)OCC. The van der Waals surface area contributed by atoms with Gasteiger partial charge in [0.05, 0.1) is 0 Å². The Kier molecular flexibility index (Phi) is 7.37. The molecule has 0 aliphatic rings. The average Bonchev–Trinajstić information content (AvgIpc) is 2.14. The first kappa shape index (κ1) is 13.4. The number of nitrogens with one attached hydrogen (secondary N) is 1. The van der Waals surface area contributed by atoms with Gasteiger partial charge >= 0.3 is 5.97 Å². The molecule has 0 aliphatic carbocycles. The second-order valence-electron chi connectivity index (χ2n) is 2.81. The molecule has 0 spiro atoms. The van der Waals surface area contributed by atoms with E-state index in [9.17, 15) is 4.79 Å². The third-order valence-electron chi connectivity index (χ3n) is 1.67. The maximum absolute atomic E-state index is 10.5. The Labute approximate surface area is 84.4 Å². The van der Waals surface area contributed by atoms with E-state index in [2.05, 4.69) is 5.32 Å². The van der Waals surface area contributed by atoms with Crippen molar-refractivity contribution < 1.29 is 19.4 Å². The zero-order chi connectivity index (χ0) is 11.0. The second kappa shape index (κ2) is 7.73.